The van der Waals surface area contributed by atoms with E-state index in [1.165, 1.54) is 0 Å². The second-order valence-electron chi connectivity index (χ2n) is 2.27. The van der Waals surface area contributed by atoms with E-state index in [1.807, 2.05) is 0 Å². The van der Waals surface area contributed by atoms with Crippen molar-refractivity contribution in [2.24, 2.45) is 0 Å². The summed E-state index contributed by atoms with van der Waals surface area (Å²) in [6, 6.07) is 1.78. The number of fused-ring (bicyclic) bond motifs is 1. The Morgan fingerprint density at radius 3 is 3.00 bits per heavy atom. The van der Waals surface area contributed by atoms with E-state index in [-0.39, 0.29) is 5.95 Å². The average molecular weight is 181 g/mol. The zero-order valence-corrected chi connectivity index (χ0v) is 6.78. The van der Waals surface area contributed by atoms with Crippen LogP contribution in [0.2, 0.25) is 5.15 Å². The normalized spacial score (nSPS) is 10.4. The van der Waals surface area contributed by atoms with Crippen molar-refractivity contribution in [3.05, 3.63) is 23.6 Å². The molecule has 5 heteroatoms. The third-order valence-corrected chi connectivity index (χ3v) is 1.75. The highest BCUT2D eigenvalue weighted by Crippen LogP contribution is 2.17. The van der Waals surface area contributed by atoms with Crippen LogP contribution in [0.5, 0.6) is 0 Å². The van der Waals surface area contributed by atoms with Crippen LogP contribution in [-0.2, 0) is 0 Å². The zero-order chi connectivity index (χ0) is 8.55. The predicted octanol–water partition coefficient (Wildman–Crippen LogP) is 1.26. The Balaban J connectivity index is 2.88. The molecule has 0 unspecified atom stereocenters. The molecule has 2 aromatic rings. The topological polar surface area (TPSA) is 64.7 Å². The van der Waals surface area contributed by atoms with Gasteiger partial charge in [0.15, 0.2) is 5.15 Å². The standard InChI is InChI=1S/C7H5ClN4/c8-6-5-4(1-2-10-6)3-11-7(9)12-5/h1-3H,(H2,9,11,12). The molecule has 2 N–H and O–H groups in total. The van der Waals surface area contributed by atoms with Crippen molar-refractivity contribution in [3.8, 4) is 0 Å². The van der Waals surface area contributed by atoms with Crippen LogP contribution in [0.3, 0.4) is 0 Å². The first-order valence-corrected chi connectivity index (χ1v) is 3.68. The number of rotatable bonds is 0. The van der Waals surface area contributed by atoms with Crippen LogP contribution < -0.4 is 5.73 Å². The molecule has 2 aromatic heterocycles. The second-order valence-corrected chi connectivity index (χ2v) is 2.63. The summed E-state index contributed by atoms with van der Waals surface area (Å²) < 4.78 is 0. The lowest BCUT2D eigenvalue weighted by Gasteiger charge is -1.97. The lowest BCUT2D eigenvalue weighted by atomic mass is 10.3. The second kappa shape index (κ2) is 2.57. The summed E-state index contributed by atoms with van der Waals surface area (Å²) in [5.41, 5.74) is 5.97. The molecular formula is C7H5ClN4. The van der Waals surface area contributed by atoms with Crippen LogP contribution in [0.1, 0.15) is 0 Å². The summed E-state index contributed by atoms with van der Waals surface area (Å²) in [6.45, 7) is 0. The van der Waals surface area contributed by atoms with Gasteiger partial charge in [-0.3, -0.25) is 0 Å². The van der Waals surface area contributed by atoms with Gasteiger partial charge in [-0.2, -0.15) is 0 Å². The Hall–Kier alpha value is -1.42. The first-order chi connectivity index (χ1) is 5.77. The minimum atomic E-state index is 0.206. The van der Waals surface area contributed by atoms with E-state index in [4.69, 9.17) is 17.3 Å². The smallest absolute Gasteiger partial charge is 0.220 e. The van der Waals surface area contributed by atoms with Crippen molar-refractivity contribution >= 4 is 28.5 Å². The van der Waals surface area contributed by atoms with Gasteiger partial charge in [-0.05, 0) is 6.07 Å². The summed E-state index contributed by atoms with van der Waals surface area (Å²) in [5, 5.41) is 1.19. The van der Waals surface area contributed by atoms with Gasteiger partial charge >= 0.3 is 0 Å². The highest BCUT2D eigenvalue weighted by atomic mass is 35.5. The van der Waals surface area contributed by atoms with Gasteiger partial charge in [0.1, 0.15) is 5.52 Å². The van der Waals surface area contributed by atoms with Crippen molar-refractivity contribution in [1.29, 1.82) is 0 Å². The number of anilines is 1. The molecule has 0 saturated carbocycles. The highest BCUT2D eigenvalue weighted by molar-refractivity contribution is 6.33. The molecule has 0 aliphatic rings. The van der Waals surface area contributed by atoms with Crippen LogP contribution in [0, 0.1) is 0 Å². The molecule has 2 rings (SSSR count). The van der Waals surface area contributed by atoms with Gasteiger partial charge in [-0.25, -0.2) is 15.0 Å². The molecule has 0 fully saturated rings. The van der Waals surface area contributed by atoms with E-state index in [2.05, 4.69) is 15.0 Å². The van der Waals surface area contributed by atoms with Gasteiger partial charge in [0.25, 0.3) is 0 Å². The fourth-order valence-electron chi connectivity index (χ4n) is 0.936. The molecule has 0 saturated heterocycles. The number of hydrogen-bond acceptors (Lipinski definition) is 4. The molecule has 60 valence electrons. The van der Waals surface area contributed by atoms with Crippen molar-refractivity contribution in [1.82, 2.24) is 15.0 Å². The average Bonchev–Trinajstić information content (AvgIpc) is 2.07. The van der Waals surface area contributed by atoms with Crippen molar-refractivity contribution in [2.45, 2.75) is 0 Å². The summed E-state index contributed by atoms with van der Waals surface area (Å²) in [6.07, 6.45) is 3.22. The van der Waals surface area contributed by atoms with E-state index in [1.54, 1.807) is 18.5 Å². The van der Waals surface area contributed by atoms with Crippen molar-refractivity contribution in [3.63, 3.8) is 0 Å². The molecule has 0 amide bonds. The predicted molar refractivity (Wildman–Crippen MR) is 46.8 cm³/mol. The van der Waals surface area contributed by atoms with E-state index in [0.29, 0.717) is 10.7 Å². The Bertz CT molecular complexity index is 429. The third-order valence-electron chi connectivity index (χ3n) is 1.47. The molecule has 0 atom stereocenters. The molecule has 0 spiro atoms. The van der Waals surface area contributed by atoms with Crippen molar-refractivity contribution in [2.75, 3.05) is 5.73 Å². The van der Waals surface area contributed by atoms with Crippen molar-refractivity contribution < 1.29 is 0 Å². The number of nitrogen functional groups attached to an aromatic ring is 1. The Morgan fingerprint density at radius 1 is 1.33 bits per heavy atom. The SMILES string of the molecule is Nc1ncc2ccnc(Cl)c2n1. The number of pyridine rings is 1. The molecular weight excluding hydrogens is 176 g/mol. The molecule has 0 aromatic carbocycles. The highest BCUT2D eigenvalue weighted by Gasteiger charge is 2.01. The van der Waals surface area contributed by atoms with Crippen LogP contribution in [0.4, 0.5) is 5.95 Å². The molecule has 0 bridgehead atoms. The van der Waals surface area contributed by atoms with E-state index in [9.17, 15) is 0 Å². The minimum Gasteiger partial charge on any atom is -0.368 e. The lowest BCUT2D eigenvalue weighted by Crippen LogP contribution is -1.94. The molecule has 0 radical (unpaired) electrons. The summed E-state index contributed by atoms with van der Waals surface area (Å²) in [7, 11) is 0. The summed E-state index contributed by atoms with van der Waals surface area (Å²) in [4.78, 5) is 11.6. The van der Waals surface area contributed by atoms with Crippen LogP contribution >= 0.6 is 11.6 Å². The summed E-state index contributed by atoms with van der Waals surface area (Å²) >= 11 is 5.77. The number of nitrogens with two attached hydrogens (primary N) is 1. The van der Waals surface area contributed by atoms with Gasteiger partial charge in [-0.15, -0.1) is 0 Å². The minimum absolute atomic E-state index is 0.206. The Morgan fingerprint density at radius 2 is 2.17 bits per heavy atom. The van der Waals surface area contributed by atoms with Crippen LogP contribution in [0.15, 0.2) is 18.5 Å². The maximum absolute atomic E-state index is 5.77. The lowest BCUT2D eigenvalue weighted by molar-refractivity contribution is 1.22. The summed E-state index contributed by atoms with van der Waals surface area (Å²) in [5.74, 6) is 0.206. The monoisotopic (exact) mass is 180 g/mol. The molecule has 0 aliphatic heterocycles. The van der Waals surface area contributed by atoms with E-state index in [0.717, 1.165) is 5.39 Å². The zero-order valence-electron chi connectivity index (χ0n) is 6.03. The van der Waals surface area contributed by atoms with E-state index < -0.39 is 0 Å². The quantitative estimate of drug-likeness (QED) is 0.620. The maximum Gasteiger partial charge on any atom is 0.220 e. The van der Waals surface area contributed by atoms with Gasteiger partial charge in [0, 0.05) is 17.8 Å². The Kier molecular flexibility index (Phi) is 1.55. The molecule has 0 aliphatic carbocycles. The number of halogens is 1. The fraction of sp³-hybridized carbons (Fsp3) is 0. The molecule has 2 heterocycles. The maximum atomic E-state index is 5.77. The van der Waals surface area contributed by atoms with Gasteiger partial charge in [0.2, 0.25) is 5.95 Å². The first-order valence-electron chi connectivity index (χ1n) is 3.30. The Labute approximate surface area is 73.4 Å². The number of nitrogens with zero attached hydrogens (tertiary/aromatic N) is 3. The van der Waals surface area contributed by atoms with Gasteiger partial charge in [-0.1, -0.05) is 11.6 Å². The van der Waals surface area contributed by atoms with Crippen LogP contribution in [0.25, 0.3) is 10.9 Å². The van der Waals surface area contributed by atoms with Gasteiger partial charge < -0.3 is 5.73 Å². The number of hydrogen-bond donors (Lipinski definition) is 1. The molecule has 4 nitrogen and oxygen atoms in total. The first kappa shape index (κ1) is 7.24. The fourth-order valence-corrected chi connectivity index (χ4v) is 1.14. The number of aromatic nitrogens is 3. The largest absolute Gasteiger partial charge is 0.368 e. The van der Waals surface area contributed by atoms with E-state index >= 15 is 0 Å². The molecule has 12 heavy (non-hydrogen) atoms. The van der Waals surface area contributed by atoms with Crippen LogP contribution in [-0.4, -0.2) is 15.0 Å². The van der Waals surface area contributed by atoms with Gasteiger partial charge in [0.05, 0.1) is 0 Å². The third kappa shape index (κ3) is 1.06.